The van der Waals surface area contributed by atoms with E-state index in [1.807, 2.05) is 122 Å². The van der Waals surface area contributed by atoms with E-state index in [0.29, 0.717) is 12.8 Å². The van der Waals surface area contributed by atoms with Gasteiger partial charge in [0.15, 0.2) is 0 Å². The summed E-state index contributed by atoms with van der Waals surface area (Å²) in [5.74, 6) is 11.0. The van der Waals surface area contributed by atoms with E-state index in [0.717, 1.165) is 44.1 Å². The normalized spacial score (nSPS) is 10.0. The van der Waals surface area contributed by atoms with E-state index in [1.165, 1.54) is 0 Å². The zero-order valence-electron chi connectivity index (χ0n) is 21.8. The van der Waals surface area contributed by atoms with E-state index in [-0.39, 0.29) is 11.6 Å². The number of H-pyrrole nitrogens is 2. The number of rotatable bonds is 4. The van der Waals surface area contributed by atoms with Crippen molar-refractivity contribution in [1.29, 1.82) is 0 Å². The van der Waals surface area contributed by atoms with Crippen LogP contribution in [0.25, 0.3) is 21.8 Å². The van der Waals surface area contributed by atoms with Crippen LogP contribution in [-0.4, -0.2) is 21.5 Å². The molecule has 2 heterocycles. The minimum absolute atomic E-state index is 0.0707. The number of benzene rings is 4. The summed E-state index contributed by atoms with van der Waals surface area (Å²) >= 11 is 0. The fourth-order valence-corrected chi connectivity index (χ4v) is 4.32. The second kappa shape index (κ2) is 12.8. The highest BCUT2D eigenvalue weighted by atomic mass is 16.1. The lowest BCUT2D eigenvalue weighted by atomic mass is 10.1. The number of nitrogens with one attached hydrogen (secondary N) is 2. The number of ketones is 2. The minimum Gasteiger partial charge on any atom is -0.361 e. The van der Waals surface area contributed by atoms with E-state index < -0.39 is 0 Å². The predicted octanol–water partition coefficient (Wildman–Crippen LogP) is 6.66. The van der Waals surface area contributed by atoms with Crippen molar-refractivity contribution in [2.75, 3.05) is 0 Å². The van der Waals surface area contributed by atoms with Crippen LogP contribution in [0.15, 0.2) is 122 Å². The quantitative estimate of drug-likeness (QED) is 0.256. The van der Waals surface area contributed by atoms with Gasteiger partial charge in [-0.15, -0.1) is 0 Å². The van der Waals surface area contributed by atoms with Crippen molar-refractivity contribution in [1.82, 2.24) is 9.97 Å². The average Bonchev–Trinajstić information content (AvgIpc) is 3.60. The van der Waals surface area contributed by atoms with Crippen LogP contribution in [0.4, 0.5) is 0 Å². The summed E-state index contributed by atoms with van der Waals surface area (Å²) < 4.78 is 0. The molecule has 0 atom stereocenters. The summed E-state index contributed by atoms with van der Waals surface area (Å²) in [4.78, 5) is 30.2. The first-order valence-corrected chi connectivity index (χ1v) is 13.0. The molecule has 2 N–H and O–H groups in total. The van der Waals surface area contributed by atoms with E-state index in [2.05, 4.69) is 33.6 Å². The van der Waals surface area contributed by atoms with Gasteiger partial charge < -0.3 is 9.97 Å². The van der Waals surface area contributed by atoms with Crippen molar-refractivity contribution < 1.29 is 9.59 Å². The van der Waals surface area contributed by atoms with E-state index in [4.69, 9.17) is 0 Å². The molecule has 0 amide bonds. The molecule has 4 nitrogen and oxygen atoms in total. The van der Waals surface area contributed by atoms with Gasteiger partial charge in [-0.2, -0.15) is 0 Å². The van der Waals surface area contributed by atoms with Gasteiger partial charge in [0.1, 0.15) is 0 Å². The number of para-hydroxylation sites is 2. The molecule has 0 fully saturated rings. The SMILES string of the molecule is O=C(C#Cc1ccccc1)Cc1c[nH]c2ccccc12.O=C(C#Cc1ccccc1)Cc1c[nH]c2ccccc12. The fraction of sp³-hybridized carbons (Fsp3) is 0.0556. The molecule has 6 rings (SSSR count). The third-order valence-corrected chi connectivity index (χ3v) is 6.29. The van der Waals surface area contributed by atoms with Crippen LogP contribution in [0.2, 0.25) is 0 Å². The zero-order chi connectivity index (χ0) is 27.6. The van der Waals surface area contributed by atoms with Crippen LogP contribution < -0.4 is 0 Å². The van der Waals surface area contributed by atoms with E-state index >= 15 is 0 Å². The summed E-state index contributed by atoms with van der Waals surface area (Å²) in [7, 11) is 0. The molecule has 0 bridgehead atoms. The predicted molar refractivity (Wildman–Crippen MR) is 161 cm³/mol. The van der Waals surface area contributed by atoms with Gasteiger partial charge in [0.05, 0.1) is 0 Å². The summed E-state index contributed by atoms with van der Waals surface area (Å²) in [5, 5.41) is 2.17. The summed E-state index contributed by atoms with van der Waals surface area (Å²) in [6, 6.07) is 35.0. The molecular weight excluding hydrogens is 492 g/mol. The molecule has 6 aromatic rings. The Hall–Kier alpha value is -5.58. The smallest absolute Gasteiger partial charge is 0.210 e. The molecule has 0 saturated heterocycles. The first-order chi connectivity index (χ1) is 19.7. The summed E-state index contributed by atoms with van der Waals surface area (Å²) in [5.41, 5.74) is 5.80. The maximum atomic E-state index is 11.9. The van der Waals surface area contributed by atoms with E-state index in [1.54, 1.807) is 0 Å². The van der Waals surface area contributed by atoms with Crippen LogP contribution in [0.3, 0.4) is 0 Å². The molecule has 192 valence electrons. The second-order valence-electron chi connectivity index (χ2n) is 9.15. The average molecular weight is 519 g/mol. The molecule has 2 aromatic heterocycles. The van der Waals surface area contributed by atoms with Gasteiger partial charge in [-0.1, -0.05) is 84.6 Å². The highest BCUT2D eigenvalue weighted by Gasteiger charge is 2.07. The number of fused-ring (bicyclic) bond motifs is 2. The van der Waals surface area contributed by atoms with Crippen molar-refractivity contribution in [2.45, 2.75) is 12.8 Å². The lowest BCUT2D eigenvalue weighted by molar-refractivity contribution is -0.114. The molecule has 0 aliphatic rings. The molecule has 0 unspecified atom stereocenters. The maximum absolute atomic E-state index is 11.9. The molecule has 0 aliphatic carbocycles. The lowest BCUT2D eigenvalue weighted by Gasteiger charge is -1.94. The zero-order valence-corrected chi connectivity index (χ0v) is 21.8. The Morgan fingerprint density at radius 2 is 0.875 bits per heavy atom. The highest BCUT2D eigenvalue weighted by molar-refractivity contribution is 6.00. The highest BCUT2D eigenvalue weighted by Crippen LogP contribution is 2.19. The van der Waals surface area contributed by atoms with Crippen molar-refractivity contribution in [3.05, 3.63) is 144 Å². The van der Waals surface area contributed by atoms with Gasteiger partial charge in [0.2, 0.25) is 11.6 Å². The Kier molecular flexibility index (Phi) is 8.32. The van der Waals surface area contributed by atoms with Gasteiger partial charge in [0, 0.05) is 58.2 Å². The van der Waals surface area contributed by atoms with E-state index in [9.17, 15) is 9.59 Å². The van der Waals surface area contributed by atoms with Gasteiger partial charge in [0.25, 0.3) is 0 Å². The Labute approximate surface area is 233 Å². The minimum atomic E-state index is -0.0707. The summed E-state index contributed by atoms with van der Waals surface area (Å²) in [6.45, 7) is 0. The second-order valence-corrected chi connectivity index (χ2v) is 9.15. The number of aromatic amines is 2. The topological polar surface area (TPSA) is 65.7 Å². The number of aromatic nitrogens is 2. The van der Waals surface area contributed by atoms with Crippen LogP contribution in [-0.2, 0) is 22.4 Å². The first-order valence-electron chi connectivity index (χ1n) is 13.0. The van der Waals surface area contributed by atoms with Crippen molar-refractivity contribution in [3.63, 3.8) is 0 Å². The maximum Gasteiger partial charge on any atom is 0.210 e. The van der Waals surface area contributed by atoms with Crippen LogP contribution in [0, 0.1) is 23.7 Å². The van der Waals surface area contributed by atoms with Crippen LogP contribution >= 0.6 is 0 Å². The number of carbonyl (C=O) groups excluding carboxylic acids is 2. The van der Waals surface area contributed by atoms with Crippen molar-refractivity contribution >= 4 is 33.4 Å². The van der Waals surface area contributed by atoms with Gasteiger partial charge in [-0.25, -0.2) is 0 Å². The number of carbonyl (C=O) groups is 2. The molecule has 0 saturated carbocycles. The van der Waals surface area contributed by atoms with Crippen LogP contribution in [0.1, 0.15) is 22.3 Å². The Bertz CT molecular complexity index is 1750. The number of hydrogen-bond donors (Lipinski definition) is 2. The third kappa shape index (κ3) is 6.84. The summed E-state index contributed by atoms with van der Waals surface area (Å²) in [6.07, 6.45) is 4.44. The lowest BCUT2D eigenvalue weighted by Crippen LogP contribution is -1.98. The van der Waals surface area contributed by atoms with Gasteiger partial charge in [-0.3, -0.25) is 9.59 Å². The Balaban J connectivity index is 0.000000161. The largest absolute Gasteiger partial charge is 0.361 e. The van der Waals surface area contributed by atoms with Crippen LogP contribution in [0.5, 0.6) is 0 Å². The molecule has 0 radical (unpaired) electrons. The molecule has 4 aromatic carbocycles. The number of hydrogen-bond acceptors (Lipinski definition) is 2. The molecule has 40 heavy (non-hydrogen) atoms. The first kappa shape index (κ1) is 26.0. The Morgan fingerprint density at radius 1 is 0.500 bits per heavy atom. The monoisotopic (exact) mass is 518 g/mol. The molecular formula is C36H26N2O2. The Morgan fingerprint density at radius 3 is 1.30 bits per heavy atom. The molecule has 0 spiro atoms. The van der Waals surface area contributed by atoms with Gasteiger partial charge in [-0.05, 0) is 59.4 Å². The standard InChI is InChI=1S/2C18H13NO/c2*20-16(11-10-14-6-2-1-3-7-14)12-15-13-19-18-9-5-4-8-17(15)18/h2*1-9,13,19H,12H2. The van der Waals surface area contributed by atoms with Crippen molar-refractivity contribution in [2.24, 2.45) is 0 Å². The fourth-order valence-electron chi connectivity index (χ4n) is 4.32. The number of Topliss-reactive ketones (excluding diaryl/α,β-unsaturated/α-hetero) is 2. The third-order valence-electron chi connectivity index (χ3n) is 6.29. The molecule has 0 aliphatic heterocycles. The molecule has 4 heteroatoms. The van der Waals surface area contributed by atoms with Crippen molar-refractivity contribution in [3.8, 4) is 23.7 Å². The van der Waals surface area contributed by atoms with Gasteiger partial charge >= 0.3 is 0 Å².